The van der Waals surface area contributed by atoms with Gasteiger partial charge in [0, 0.05) is 28.8 Å². The van der Waals surface area contributed by atoms with Crippen LogP contribution in [0.3, 0.4) is 0 Å². The first-order valence-electron chi connectivity index (χ1n) is 7.31. The van der Waals surface area contributed by atoms with E-state index in [1.807, 2.05) is 0 Å². The van der Waals surface area contributed by atoms with Crippen LogP contribution in [0, 0.1) is 12.8 Å². The number of nitrogens with zero attached hydrogens (tertiary/aromatic N) is 1. The molecule has 0 bridgehead atoms. The summed E-state index contributed by atoms with van der Waals surface area (Å²) >= 11 is 3.65. The van der Waals surface area contributed by atoms with Crippen LogP contribution in [0.5, 0.6) is 0 Å². The summed E-state index contributed by atoms with van der Waals surface area (Å²) in [6.45, 7) is 11.3. The Balaban J connectivity index is 2.21. The molecule has 2 rings (SSSR count). The molecule has 0 radical (unpaired) electrons. The summed E-state index contributed by atoms with van der Waals surface area (Å²) in [5.74, 6) is 0.673. The van der Waals surface area contributed by atoms with Gasteiger partial charge in [-0.3, -0.25) is 0 Å². The normalized spacial score (nSPS) is 27.6. The number of anilines is 1. The number of piperidine rings is 1. The fourth-order valence-corrected chi connectivity index (χ4v) is 3.52. The van der Waals surface area contributed by atoms with E-state index in [1.165, 1.54) is 22.1 Å². The van der Waals surface area contributed by atoms with E-state index in [-0.39, 0.29) is 0 Å². The molecule has 1 aliphatic rings. The van der Waals surface area contributed by atoms with E-state index in [9.17, 15) is 0 Å². The Morgan fingerprint density at radius 1 is 1.37 bits per heavy atom. The van der Waals surface area contributed by atoms with E-state index in [0.29, 0.717) is 18.0 Å². The first-order chi connectivity index (χ1) is 9.06. The summed E-state index contributed by atoms with van der Waals surface area (Å²) in [5.41, 5.74) is 2.73. The van der Waals surface area contributed by atoms with Crippen molar-refractivity contribution < 1.29 is 0 Å². The van der Waals surface area contributed by atoms with Crippen molar-refractivity contribution in [2.45, 2.75) is 46.2 Å². The van der Waals surface area contributed by atoms with E-state index < -0.39 is 0 Å². The quantitative estimate of drug-likeness (QED) is 0.905. The second kappa shape index (κ2) is 6.27. The summed E-state index contributed by atoms with van der Waals surface area (Å²) in [6.07, 6.45) is 1.23. The van der Waals surface area contributed by atoms with Crippen LogP contribution in [-0.4, -0.2) is 25.2 Å². The largest absolute Gasteiger partial charge is 0.368 e. The number of hydrogen-bond donors (Lipinski definition) is 1. The van der Waals surface area contributed by atoms with Crippen LogP contribution in [0.2, 0.25) is 0 Å². The van der Waals surface area contributed by atoms with Crippen LogP contribution in [0.15, 0.2) is 22.7 Å². The summed E-state index contributed by atoms with van der Waals surface area (Å²) in [6, 6.07) is 7.74. The fourth-order valence-electron chi connectivity index (χ4n) is 3.16. The van der Waals surface area contributed by atoms with Crippen molar-refractivity contribution in [1.82, 2.24) is 5.32 Å². The lowest BCUT2D eigenvalue weighted by Crippen LogP contribution is -2.53. The maximum Gasteiger partial charge on any atom is 0.0409 e. The van der Waals surface area contributed by atoms with E-state index in [2.05, 4.69) is 72.0 Å². The van der Waals surface area contributed by atoms with Gasteiger partial charge < -0.3 is 10.2 Å². The van der Waals surface area contributed by atoms with Gasteiger partial charge in [0.1, 0.15) is 0 Å². The van der Waals surface area contributed by atoms with Crippen molar-refractivity contribution in [3.8, 4) is 0 Å². The number of nitrogens with one attached hydrogen (secondary N) is 1. The molecule has 1 saturated heterocycles. The lowest BCUT2D eigenvalue weighted by atomic mass is 9.86. The Morgan fingerprint density at radius 2 is 2.11 bits per heavy atom. The van der Waals surface area contributed by atoms with Gasteiger partial charge in [0.05, 0.1) is 0 Å². The van der Waals surface area contributed by atoms with Crippen molar-refractivity contribution in [2.75, 3.05) is 18.0 Å². The molecule has 106 valence electrons. The van der Waals surface area contributed by atoms with Gasteiger partial charge in [-0.25, -0.2) is 0 Å². The Morgan fingerprint density at radius 3 is 2.79 bits per heavy atom. The molecule has 1 N–H and O–H groups in total. The Bertz CT molecular complexity index is 433. The maximum atomic E-state index is 3.65. The number of rotatable bonds is 3. The Hall–Kier alpha value is -0.540. The average Bonchev–Trinajstić information content (AvgIpc) is 2.39. The summed E-state index contributed by atoms with van der Waals surface area (Å²) in [7, 11) is 0. The van der Waals surface area contributed by atoms with Gasteiger partial charge >= 0.3 is 0 Å². The van der Waals surface area contributed by atoms with Crippen LogP contribution in [-0.2, 0) is 0 Å². The van der Waals surface area contributed by atoms with Crippen LogP contribution in [0.25, 0.3) is 0 Å². The predicted molar refractivity (Wildman–Crippen MR) is 86.9 cm³/mol. The zero-order valence-corrected chi connectivity index (χ0v) is 14.0. The third kappa shape index (κ3) is 2.97. The summed E-state index contributed by atoms with van der Waals surface area (Å²) in [5, 5.41) is 3.63. The molecule has 3 atom stereocenters. The topological polar surface area (TPSA) is 15.3 Å². The van der Waals surface area contributed by atoms with Crippen LogP contribution >= 0.6 is 15.9 Å². The molecule has 1 aromatic carbocycles. The SMILES string of the molecule is CCNC1CCN(c2cccc(Br)c2C)C(C)C1C. The minimum Gasteiger partial charge on any atom is -0.368 e. The third-order valence-corrected chi connectivity index (χ3v) is 5.44. The molecule has 3 heteroatoms. The maximum absolute atomic E-state index is 3.65. The smallest absolute Gasteiger partial charge is 0.0409 e. The molecular weight excluding hydrogens is 300 g/mol. The third-order valence-electron chi connectivity index (χ3n) is 4.58. The van der Waals surface area contributed by atoms with Gasteiger partial charge in [-0.05, 0) is 50.4 Å². The Labute approximate surface area is 125 Å². The number of benzene rings is 1. The molecule has 0 spiro atoms. The molecule has 0 aromatic heterocycles. The first-order valence-corrected chi connectivity index (χ1v) is 8.10. The highest BCUT2D eigenvalue weighted by molar-refractivity contribution is 9.10. The highest BCUT2D eigenvalue weighted by Crippen LogP contribution is 2.33. The highest BCUT2D eigenvalue weighted by atomic mass is 79.9. The summed E-state index contributed by atoms with van der Waals surface area (Å²) in [4.78, 5) is 2.57. The van der Waals surface area contributed by atoms with Crippen LogP contribution in [0.1, 0.15) is 32.8 Å². The average molecular weight is 325 g/mol. The van der Waals surface area contributed by atoms with Gasteiger partial charge in [-0.1, -0.05) is 35.8 Å². The van der Waals surface area contributed by atoms with Crippen molar-refractivity contribution in [2.24, 2.45) is 5.92 Å². The summed E-state index contributed by atoms with van der Waals surface area (Å²) < 4.78 is 1.21. The first kappa shape index (κ1) is 14.9. The van der Waals surface area contributed by atoms with Gasteiger partial charge in [0.2, 0.25) is 0 Å². The van der Waals surface area contributed by atoms with Crippen molar-refractivity contribution in [3.05, 3.63) is 28.2 Å². The standard InChI is InChI=1S/C16H25BrN2/c1-5-18-15-9-10-19(13(4)11(15)2)16-8-6-7-14(17)12(16)3/h6-8,11,13,15,18H,5,9-10H2,1-4H3. The van der Waals surface area contributed by atoms with E-state index in [1.54, 1.807) is 0 Å². The predicted octanol–water partition coefficient (Wildman–Crippen LogP) is 3.97. The zero-order chi connectivity index (χ0) is 14.0. The molecule has 0 aliphatic carbocycles. The van der Waals surface area contributed by atoms with Crippen LogP contribution in [0.4, 0.5) is 5.69 Å². The molecule has 1 aliphatic heterocycles. The fraction of sp³-hybridized carbons (Fsp3) is 0.625. The van der Waals surface area contributed by atoms with E-state index >= 15 is 0 Å². The minimum atomic E-state index is 0.575. The zero-order valence-electron chi connectivity index (χ0n) is 12.4. The highest BCUT2D eigenvalue weighted by Gasteiger charge is 2.32. The molecular formula is C16H25BrN2. The molecule has 1 heterocycles. The monoisotopic (exact) mass is 324 g/mol. The molecule has 3 unspecified atom stereocenters. The lowest BCUT2D eigenvalue weighted by Gasteiger charge is -2.45. The number of halogens is 1. The molecule has 19 heavy (non-hydrogen) atoms. The van der Waals surface area contributed by atoms with Gasteiger partial charge in [0.25, 0.3) is 0 Å². The second-order valence-electron chi connectivity index (χ2n) is 5.63. The van der Waals surface area contributed by atoms with Crippen molar-refractivity contribution in [1.29, 1.82) is 0 Å². The second-order valence-corrected chi connectivity index (χ2v) is 6.48. The molecule has 0 amide bonds. The number of hydrogen-bond acceptors (Lipinski definition) is 2. The molecule has 1 aromatic rings. The van der Waals surface area contributed by atoms with Gasteiger partial charge in [-0.2, -0.15) is 0 Å². The Kier molecular flexibility index (Phi) is 4.91. The van der Waals surface area contributed by atoms with E-state index in [4.69, 9.17) is 0 Å². The minimum absolute atomic E-state index is 0.575. The van der Waals surface area contributed by atoms with E-state index in [0.717, 1.165) is 13.1 Å². The molecule has 2 nitrogen and oxygen atoms in total. The van der Waals surface area contributed by atoms with Crippen molar-refractivity contribution >= 4 is 21.6 Å². The van der Waals surface area contributed by atoms with Crippen molar-refractivity contribution in [3.63, 3.8) is 0 Å². The van der Waals surface area contributed by atoms with Crippen LogP contribution < -0.4 is 10.2 Å². The lowest BCUT2D eigenvalue weighted by molar-refractivity contribution is 0.274. The van der Waals surface area contributed by atoms with Gasteiger partial charge in [-0.15, -0.1) is 0 Å². The van der Waals surface area contributed by atoms with Gasteiger partial charge in [0.15, 0.2) is 0 Å². The molecule has 1 fully saturated rings. The molecule has 0 saturated carbocycles.